The number of aliphatic hydroxyl groups is 1. The van der Waals surface area contributed by atoms with E-state index in [4.69, 9.17) is 0 Å². The fraction of sp³-hybridized carbons (Fsp3) is 0.375. The number of fused-ring (bicyclic) bond motifs is 2. The molecule has 1 heterocycles. The van der Waals surface area contributed by atoms with Crippen LogP contribution in [0.4, 0.5) is 0 Å². The zero-order valence-corrected chi connectivity index (χ0v) is 13.4. The summed E-state index contributed by atoms with van der Waals surface area (Å²) in [6.07, 6.45) is -0.310. The molecule has 4 atom stereocenters. The molecule has 1 saturated carbocycles. The average Bonchev–Trinajstić information content (AvgIpc) is 2.82. The first-order chi connectivity index (χ1) is 10.9. The summed E-state index contributed by atoms with van der Waals surface area (Å²) in [4.78, 5) is 11.7. The van der Waals surface area contributed by atoms with Crippen LogP contribution in [-0.2, 0) is 4.79 Å². The number of alkyl halides is 1. The quantitative estimate of drug-likeness (QED) is 0.721. The van der Waals surface area contributed by atoms with Crippen LogP contribution in [0.5, 0.6) is 0 Å². The Labute approximate surface area is 141 Å². The molecular formula is C16H11BrN4O2. The molecule has 1 aromatic rings. The van der Waals surface area contributed by atoms with E-state index in [1.807, 2.05) is 18.2 Å². The van der Waals surface area contributed by atoms with Crippen LogP contribution >= 0.6 is 15.9 Å². The second kappa shape index (κ2) is 4.80. The Morgan fingerprint density at radius 1 is 1.17 bits per heavy atom. The zero-order chi connectivity index (χ0) is 16.9. The van der Waals surface area contributed by atoms with E-state index in [1.54, 1.807) is 30.3 Å². The summed E-state index contributed by atoms with van der Waals surface area (Å²) in [5.74, 6) is -1.63. The van der Waals surface area contributed by atoms with Gasteiger partial charge in [0, 0.05) is 12.3 Å². The molecule has 0 unspecified atom stereocenters. The summed E-state index contributed by atoms with van der Waals surface area (Å²) in [6.45, 7) is 0. The van der Waals surface area contributed by atoms with Crippen molar-refractivity contribution in [2.24, 2.45) is 10.8 Å². The Morgan fingerprint density at radius 3 is 2.30 bits per heavy atom. The number of halogens is 1. The van der Waals surface area contributed by atoms with Crippen molar-refractivity contribution in [3.8, 4) is 18.2 Å². The van der Waals surface area contributed by atoms with Gasteiger partial charge >= 0.3 is 0 Å². The number of nitrogens with one attached hydrogen (secondary N) is 1. The van der Waals surface area contributed by atoms with E-state index in [-0.39, 0.29) is 6.42 Å². The fourth-order valence-corrected chi connectivity index (χ4v) is 4.67. The number of carbonyl (C=O) groups excluding carboxylic acids is 1. The van der Waals surface area contributed by atoms with Crippen molar-refractivity contribution < 1.29 is 9.90 Å². The minimum atomic E-state index is -1.92. The number of benzene rings is 1. The molecule has 0 spiro atoms. The highest BCUT2D eigenvalue weighted by Crippen LogP contribution is 2.63. The van der Waals surface area contributed by atoms with Crippen LogP contribution in [0.1, 0.15) is 17.9 Å². The third-order valence-corrected chi connectivity index (χ3v) is 6.13. The number of hydrogen-bond donors (Lipinski definition) is 2. The predicted molar refractivity (Wildman–Crippen MR) is 81.3 cm³/mol. The topological polar surface area (TPSA) is 121 Å². The molecule has 2 N–H and O–H groups in total. The lowest BCUT2D eigenvalue weighted by atomic mass is 9.51. The predicted octanol–water partition coefficient (Wildman–Crippen LogP) is 1.30. The molecule has 2 aliphatic rings. The van der Waals surface area contributed by atoms with Crippen molar-refractivity contribution in [2.45, 2.75) is 22.9 Å². The second-order valence-electron chi connectivity index (χ2n) is 5.89. The summed E-state index contributed by atoms with van der Waals surface area (Å²) < 4.78 is 0. The highest BCUT2D eigenvalue weighted by molar-refractivity contribution is 9.09. The van der Waals surface area contributed by atoms with Gasteiger partial charge in [0.1, 0.15) is 0 Å². The molecule has 7 heteroatoms. The largest absolute Gasteiger partial charge is 0.370 e. The van der Waals surface area contributed by atoms with Crippen molar-refractivity contribution in [1.29, 1.82) is 15.8 Å². The van der Waals surface area contributed by atoms with Gasteiger partial charge in [-0.2, -0.15) is 15.8 Å². The first-order valence-electron chi connectivity index (χ1n) is 6.88. The maximum Gasteiger partial charge on any atom is 0.245 e. The van der Waals surface area contributed by atoms with Crippen molar-refractivity contribution in [3.05, 3.63) is 35.9 Å². The van der Waals surface area contributed by atoms with Crippen molar-refractivity contribution in [1.82, 2.24) is 5.32 Å². The lowest BCUT2D eigenvalue weighted by Crippen LogP contribution is -2.58. The minimum absolute atomic E-state index is 0.310. The van der Waals surface area contributed by atoms with Crippen LogP contribution in [0.3, 0.4) is 0 Å². The average molecular weight is 371 g/mol. The Kier molecular flexibility index (Phi) is 3.23. The van der Waals surface area contributed by atoms with Gasteiger partial charge in [-0.05, 0) is 5.56 Å². The number of nitriles is 3. The van der Waals surface area contributed by atoms with Gasteiger partial charge in [-0.25, -0.2) is 0 Å². The monoisotopic (exact) mass is 370 g/mol. The molecule has 23 heavy (non-hydrogen) atoms. The molecule has 1 aliphatic carbocycles. The molecule has 1 aliphatic heterocycles. The highest BCUT2D eigenvalue weighted by atomic mass is 79.9. The minimum Gasteiger partial charge on any atom is -0.370 e. The third-order valence-electron chi connectivity index (χ3n) is 4.84. The van der Waals surface area contributed by atoms with Crippen LogP contribution in [0.15, 0.2) is 30.3 Å². The highest BCUT2D eigenvalue weighted by Gasteiger charge is 2.76. The molecule has 1 saturated heterocycles. The first kappa shape index (κ1) is 15.5. The van der Waals surface area contributed by atoms with E-state index in [1.165, 1.54) is 0 Å². The summed E-state index contributed by atoms with van der Waals surface area (Å²) in [5, 5.41) is 42.4. The Hall–Kier alpha value is -2.40. The van der Waals surface area contributed by atoms with E-state index in [0.29, 0.717) is 5.56 Å². The van der Waals surface area contributed by atoms with Gasteiger partial charge in [0.15, 0.2) is 16.6 Å². The normalized spacial score (nSPS) is 37.1. The number of nitrogens with zero attached hydrogens (tertiary/aromatic N) is 3. The van der Waals surface area contributed by atoms with Gasteiger partial charge in [0.25, 0.3) is 0 Å². The molecule has 3 rings (SSSR count). The van der Waals surface area contributed by atoms with Gasteiger partial charge < -0.3 is 10.4 Å². The second-order valence-corrected chi connectivity index (χ2v) is 6.88. The Balaban J connectivity index is 2.35. The number of rotatable bonds is 1. The van der Waals surface area contributed by atoms with Crippen LogP contribution in [-0.4, -0.2) is 21.6 Å². The molecular weight excluding hydrogens is 360 g/mol. The fourth-order valence-electron chi connectivity index (χ4n) is 3.69. The number of amides is 1. The molecule has 2 bridgehead atoms. The van der Waals surface area contributed by atoms with Crippen molar-refractivity contribution in [3.63, 3.8) is 0 Å². The lowest BCUT2D eigenvalue weighted by molar-refractivity contribution is -0.128. The molecule has 0 radical (unpaired) electrons. The van der Waals surface area contributed by atoms with Crippen LogP contribution in [0.2, 0.25) is 0 Å². The SMILES string of the molecule is N#CC1(C#N)[C@@H](c2ccccc2)[C@@H](Br)[C@@]2(O)C[C@]1(C#N)C(=O)N2. The van der Waals surface area contributed by atoms with Crippen molar-refractivity contribution in [2.75, 3.05) is 0 Å². The summed E-state index contributed by atoms with van der Waals surface area (Å²) in [5.41, 5.74) is -4.92. The summed E-state index contributed by atoms with van der Waals surface area (Å²) in [7, 11) is 0. The summed E-state index contributed by atoms with van der Waals surface area (Å²) in [6, 6.07) is 14.4. The van der Waals surface area contributed by atoms with E-state index >= 15 is 0 Å². The van der Waals surface area contributed by atoms with E-state index in [0.717, 1.165) is 0 Å². The number of hydrogen-bond acceptors (Lipinski definition) is 5. The van der Waals surface area contributed by atoms with Crippen LogP contribution in [0.25, 0.3) is 0 Å². The molecule has 6 nitrogen and oxygen atoms in total. The maximum absolute atomic E-state index is 12.5. The van der Waals surface area contributed by atoms with E-state index in [2.05, 4.69) is 21.2 Å². The summed E-state index contributed by atoms with van der Waals surface area (Å²) >= 11 is 3.36. The smallest absolute Gasteiger partial charge is 0.245 e. The van der Waals surface area contributed by atoms with E-state index in [9.17, 15) is 25.7 Å². The molecule has 114 valence electrons. The van der Waals surface area contributed by atoms with Crippen LogP contribution < -0.4 is 5.32 Å². The Bertz CT molecular complexity index is 792. The van der Waals surface area contributed by atoms with E-state index < -0.39 is 33.2 Å². The van der Waals surface area contributed by atoms with Crippen LogP contribution in [0, 0.1) is 44.8 Å². The first-order valence-corrected chi connectivity index (χ1v) is 7.80. The molecule has 2 fully saturated rings. The number of carbonyl (C=O) groups is 1. The standard InChI is InChI=1S/C16H11BrN4O2/c17-12-11(10-4-2-1-3-5-10)15(8-19,9-20)14(7-18)6-16(12,23)21-13(14)22/h1-5,11-12,23H,6H2,(H,21,22)/t11-,12+,14-,16-/m0/s1. The Morgan fingerprint density at radius 2 is 1.78 bits per heavy atom. The van der Waals surface area contributed by atoms with Crippen molar-refractivity contribution >= 4 is 21.8 Å². The van der Waals surface area contributed by atoms with Gasteiger partial charge in [-0.15, -0.1) is 0 Å². The molecule has 0 aromatic heterocycles. The third kappa shape index (κ3) is 1.65. The van der Waals surface area contributed by atoms with Gasteiger partial charge in [-0.3, -0.25) is 4.79 Å². The lowest BCUT2D eigenvalue weighted by Gasteiger charge is -2.47. The molecule has 1 amide bonds. The van der Waals surface area contributed by atoms with Gasteiger partial charge in [0.2, 0.25) is 5.91 Å². The molecule has 1 aromatic carbocycles. The van der Waals surface area contributed by atoms with Gasteiger partial charge in [-0.1, -0.05) is 46.3 Å². The van der Waals surface area contributed by atoms with Gasteiger partial charge in [0.05, 0.1) is 23.0 Å². The zero-order valence-electron chi connectivity index (χ0n) is 11.8. The maximum atomic E-state index is 12.5.